The lowest BCUT2D eigenvalue weighted by molar-refractivity contribution is 0.509. The first-order valence-electron chi connectivity index (χ1n) is 5.95. The third kappa shape index (κ3) is 2.41. The van der Waals surface area contributed by atoms with Crippen LogP contribution in [-0.2, 0) is 6.54 Å². The van der Waals surface area contributed by atoms with Crippen molar-refractivity contribution in [3.8, 4) is 11.4 Å². The number of H-pyrrole nitrogens is 1. The van der Waals surface area contributed by atoms with Crippen LogP contribution in [0.2, 0.25) is 0 Å². The maximum absolute atomic E-state index is 13.1. The van der Waals surface area contributed by atoms with Crippen LogP contribution >= 0.6 is 0 Å². The number of hydrogen-bond donors (Lipinski definition) is 2. The average molecular weight is 249 g/mol. The molecule has 0 amide bonds. The third-order valence-electron chi connectivity index (χ3n) is 2.98. The van der Waals surface area contributed by atoms with Gasteiger partial charge in [-0.1, -0.05) is 0 Å². The molecule has 5 heteroatoms. The highest BCUT2D eigenvalue weighted by Gasteiger charge is 2.20. The van der Waals surface area contributed by atoms with Crippen molar-refractivity contribution in [3.63, 3.8) is 0 Å². The maximum atomic E-state index is 13.1. The summed E-state index contributed by atoms with van der Waals surface area (Å²) in [5, 5.41) is 3.35. The molecule has 94 valence electrons. The number of halogens is 2. The number of benzene rings is 1. The molecule has 1 aliphatic rings. The molecule has 1 aliphatic carbocycles. The zero-order valence-electron chi connectivity index (χ0n) is 9.71. The number of imidazole rings is 1. The van der Waals surface area contributed by atoms with E-state index >= 15 is 0 Å². The normalized spacial score (nSPS) is 15.0. The van der Waals surface area contributed by atoms with Crippen LogP contribution in [0.1, 0.15) is 18.5 Å². The molecule has 1 saturated carbocycles. The second-order valence-electron chi connectivity index (χ2n) is 4.54. The second-order valence-corrected chi connectivity index (χ2v) is 4.54. The molecule has 0 spiro atoms. The topological polar surface area (TPSA) is 40.7 Å². The average Bonchev–Trinajstić information content (AvgIpc) is 3.08. The van der Waals surface area contributed by atoms with Gasteiger partial charge in [0.1, 0.15) is 5.82 Å². The van der Waals surface area contributed by atoms with Crippen molar-refractivity contribution in [2.24, 2.45) is 0 Å². The van der Waals surface area contributed by atoms with Crippen LogP contribution < -0.4 is 5.32 Å². The predicted molar refractivity (Wildman–Crippen MR) is 63.8 cm³/mol. The van der Waals surface area contributed by atoms with E-state index in [-0.39, 0.29) is 0 Å². The van der Waals surface area contributed by atoms with E-state index in [0.717, 1.165) is 24.4 Å². The summed E-state index contributed by atoms with van der Waals surface area (Å²) in [5.41, 5.74) is 1.49. The number of hydrogen-bond acceptors (Lipinski definition) is 2. The second kappa shape index (κ2) is 4.49. The lowest BCUT2D eigenvalue weighted by atomic mass is 10.2. The first-order chi connectivity index (χ1) is 8.72. The number of rotatable bonds is 4. The molecule has 18 heavy (non-hydrogen) atoms. The van der Waals surface area contributed by atoms with E-state index in [4.69, 9.17) is 0 Å². The van der Waals surface area contributed by atoms with Crippen LogP contribution in [0, 0.1) is 11.6 Å². The molecule has 1 aromatic carbocycles. The van der Waals surface area contributed by atoms with Gasteiger partial charge >= 0.3 is 0 Å². The van der Waals surface area contributed by atoms with Crippen molar-refractivity contribution in [2.45, 2.75) is 25.4 Å². The lowest BCUT2D eigenvalue weighted by Gasteiger charge is -2.00. The van der Waals surface area contributed by atoms with Crippen molar-refractivity contribution < 1.29 is 8.78 Å². The fourth-order valence-corrected chi connectivity index (χ4v) is 1.78. The number of aromatic amines is 1. The van der Waals surface area contributed by atoms with E-state index in [1.165, 1.54) is 18.9 Å². The Bertz CT molecular complexity index is 561. The standard InChI is InChI=1S/C13H13F2N3/c14-11-4-1-8(5-12(11)15)13-17-7-10(18-13)6-16-9-2-3-9/h1,4-5,7,9,16H,2-3,6H2,(H,17,18). The van der Waals surface area contributed by atoms with Crippen molar-refractivity contribution in [1.29, 1.82) is 0 Å². The molecule has 0 saturated heterocycles. The highest BCUT2D eigenvalue weighted by atomic mass is 19.2. The van der Waals surface area contributed by atoms with E-state index < -0.39 is 11.6 Å². The fraction of sp³-hybridized carbons (Fsp3) is 0.308. The molecule has 1 fully saturated rings. The minimum absolute atomic E-state index is 0.548. The lowest BCUT2D eigenvalue weighted by Crippen LogP contribution is -2.15. The van der Waals surface area contributed by atoms with Gasteiger partial charge in [-0.25, -0.2) is 13.8 Å². The van der Waals surface area contributed by atoms with Crippen LogP contribution in [0.25, 0.3) is 11.4 Å². The summed E-state index contributed by atoms with van der Waals surface area (Å²) in [6.07, 6.45) is 4.17. The Labute approximate surface area is 103 Å². The summed E-state index contributed by atoms with van der Waals surface area (Å²) >= 11 is 0. The minimum atomic E-state index is -0.860. The third-order valence-corrected chi connectivity index (χ3v) is 2.98. The van der Waals surface area contributed by atoms with Gasteiger partial charge in [-0.05, 0) is 31.0 Å². The van der Waals surface area contributed by atoms with Gasteiger partial charge in [-0.2, -0.15) is 0 Å². The molecule has 0 unspecified atom stereocenters. The Morgan fingerprint density at radius 2 is 2.11 bits per heavy atom. The number of aromatic nitrogens is 2. The van der Waals surface area contributed by atoms with Gasteiger partial charge in [0.15, 0.2) is 11.6 Å². The maximum Gasteiger partial charge on any atom is 0.159 e. The van der Waals surface area contributed by atoms with E-state index in [0.29, 0.717) is 17.4 Å². The molecule has 1 heterocycles. The smallest absolute Gasteiger partial charge is 0.159 e. The summed E-state index contributed by atoms with van der Waals surface area (Å²) in [4.78, 5) is 7.27. The SMILES string of the molecule is Fc1ccc(-c2ncc(CNC3CC3)[nH]2)cc1F. The van der Waals surface area contributed by atoms with Crippen molar-refractivity contribution in [1.82, 2.24) is 15.3 Å². The molecule has 2 N–H and O–H groups in total. The Hall–Kier alpha value is -1.75. The summed E-state index contributed by atoms with van der Waals surface area (Å²) in [7, 11) is 0. The van der Waals surface area contributed by atoms with Crippen molar-refractivity contribution in [3.05, 3.63) is 41.7 Å². The molecule has 0 atom stereocenters. The van der Waals surface area contributed by atoms with Gasteiger partial charge in [-0.15, -0.1) is 0 Å². The fourth-order valence-electron chi connectivity index (χ4n) is 1.78. The number of nitrogens with zero attached hydrogens (tertiary/aromatic N) is 1. The molecule has 1 aromatic heterocycles. The van der Waals surface area contributed by atoms with Gasteiger partial charge in [0.2, 0.25) is 0 Å². The van der Waals surface area contributed by atoms with Gasteiger partial charge in [0.25, 0.3) is 0 Å². The molecule has 0 bridgehead atoms. The van der Waals surface area contributed by atoms with Crippen LogP contribution in [0.4, 0.5) is 8.78 Å². The molecule has 0 radical (unpaired) electrons. The zero-order chi connectivity index (χ0) is 12.5. The predicted octanol–water partition coefficient (Wildman–Crippen LogP) is 2.61. The van der Waals surface area contributed by atoms with Gasteiger partial charge in [0.05, 0.1) is 0 Å². The largest absolute Gasteiger partial charge is 0.341 e. The summed E-state index contributed by atoms with van der Waals surface area (Å²) in [5.74, 6) is -1.15. The Kier molecular flexibility index (Phi) is 2.83. The highest BCUT2D eigenvalue weighted by Crippen LogP contribution is 2.21. The highest BCUT2D eigenvalue weighted by molar-refractivity contribution is 5.55. The summed E-state index contributed by atoms with van der Waals surface area (Å²) < 4.78 is 25.9. The molecule has 0 aliphatic heterocycles. The van der Waals surface area contributed by atoms with Gasteiger partial charge in [-0.3, -0.25) is 0 Å². The van der Waals surface area contributed by atoms with Crippen LogP contribution in [0.15, 0.2) is 24.4 Å². The Morgan fingerprint density at radius 1 is 1.28 bits per heavy atom. The minimum Gasteiger partial charge on any atom is -0.341 e. The Morgan fingerprint density at radius 3 is 2.83 bits per heavy atom. The number of nitrogens with one attached hydrogen (secondary N) is 2. The van der Waals surface area contributed by atoms with E-state index in [2.05, 4.69) is 15.3 Å². The zero-order valence-corrected chi connectivity index (χ0v) is 9.71. The monoisotopic (exact) mass is 249 g/mol. The van der Waals surface area contributed by atoms with E-state index in [1.807, 2.05) is 0 Å². The van der Waals surface area contributed by atoms with Gasteiger partial charge < -0.3 is 10.3 Å². The van der Waals surface area contributed by atoms with Crippen LogP contribution in [0.5, 0.6) is 0 Å². The molecule has 2 aromatic rings. The molecule has 3 nitrogen and oxygen atoms in total. The van der Waals surface area contributed by atoms with Gasteiger partial charge in [0, 0.05) is 30.0 Å². The first-order valence-corrected chi connectivity index (χ1v) is 5.95. The van der Waals surface area contributed by atoms with Crippen molar-refractivity contribution in [2.75, 3.05) is 0 Å². The van der Waals surface area contributed by atoms with Crippen LogP contribution in [-0.4, -0.2) is 16.0 Å². The molecular formula is C13H13F2N3. The molecular weight excluding hydrogens is 236 g/mol. The summed E-state index contributed by atoms with van der Waals surface area (Å²) in [6, 6.07) is 4.39. The van der Waals surface area contributed by atoms with Crippen molar-refractivity contribution >= 4 is 0 Å². The van der Waals surface area contributed by atoms with E-state index in [1.54, 1.807) is 6.20 Å². The summed E-state index contributed by atoms with van der Waals surface area (Å²) in [6.45, 7) is 0.724. The first kappa shape index (κ1) is 11.3. The van der Waals surface area contributed by atoms with Crippen LogP contribution in [0.3, 0.4) is 0 Å². The Balaban J connectivity index is 1.76. The quantitative estimate of drug-likeness (QED) is 0.874. The van der Waals surface area contributed by atoms with E-state index in [9.17, 15) is 8.78 Å². The molecule has 3 rings (SSSR count).